The minimum atomic E-state index is -0.478. The summed E-state index contributed by atoms with van der Waals surface area (Å²) in [6, 6.07) is 30.6. The van der Waals surface area contributed by atoms with Gasteiger partial charge in [-0.25, -0.2) is 4.98 Å². The van der Waals surface area contributed by atoms with Gasteiger partial charge in [-0.1, -0.05) is 76.1 Å². The van der Waals surface area contributed by atoms with E-state index in [1.807, 2.05) is 66.0 Å². The zero-order valence-corrected chi connectivity index (χ0v) is 26.9. The van der Waals surface area contributed by atoms with E-state index in [1.165, 1.54) is 23.1 Å². The molecule has 3 amide bonds. The van der Waals surface area contributed by atoms with Crippen LogP contribution in [0.2, 0.25) is 5.02 Å². The Labute approximate surface area is 275 Å². The van der Waals surface area contributed by atoms with E-state index in [1.54, 1.807) is 48.5 Å². The number of amides is 3. The lowest BCUT2D eigenvalue weighted by Gasteiger charge is -2.12. The molecular formula is C33H24BrClN4O3S2. The normalized spacial score (nSPS) is 11.1. The van der Waals surface area contributed by atoms with Crippen molar-refractivity contribution in [2.24, 2.45) is 0 Å². The molecule has 0 saturated heterocycles. The molecular weight excluding hydrogens is 680 g/mol. The number of aromatic nitrogens is 1. The van der Waals surface area contributed by atoms with Gasteiger partial charge in [-0.15, -0.1) is 23.1 Å². The quantitative estimate of drug-likeness (QED) is 0.100. The first-order valence-corrected chi connectivity index (χ1v) is 16.3. The maximum absolute atomic E-state index is 13.3. The van der Waals surface area contributed by atoms with Gasteiger partial charge in [0.15, 0.2) is 5.13 Å². The molecule has 1 heterocycles. The average molecular weight is 704 g/mol. The van der Waals surface area contributed by atoms with Crippen molar-refractivity contribution in [2.75, 3.05) is 16.4 Å². The van der Waals surface area contributed by atoms with Gasteiger partial charge in [0.1, 0.15) is 5.70 Å². The number of carbonyl (C=O) groups excluding carboxylic acids is 3. The third kappa shape index (κ3) is 8.67. The summed E-state index contributed by atoms with van der Waals surface area (Å²) in [5.74, 6) is -0.889. The Morgan fingerprint density at radius 3 is 2.39 bits per heavy atom. The van der Waals surface area contributed by atoms with Crippen molar-refractivity contribution >= 4 is 85.2 Å². The fraction of sp³-hybridized carbons (Fsp3) is 0.0303. The largest absolute Gasteiger partial charge is 0.321 e. The Morgan fingerprint density at radius 1 is 0.886 bits per heavy atom. The van der Waals surface area contributed by atoms with Crippen molar-refractivity contribution in [3.63, 3.8) is 0 Å². The van der Waals surface area contributed by atoms with Crippen LogP contribution in [0.4, 0.5) is 10.8 Å². The summed E-state index contributed by atoms with van der Waals surface area (Å²) in [6.07, 6.45) is 1.61. The molecule has 0 saturated carbocycles. The van der Waals surface area contributed by atoms with Crippen LogP contribution in [-0.2, 0) is 9.59 Å². The van der Waals surface area contributed by atoms with Crippen LogP contribution >= 0.6 is 50.6 Å². The van der Waals surface area contributed by atoms with E-state index in [0.717, 1.165) is 20.5 Å². The Bertz CT molecular complexity index is 1830. The Hall–Kier alpha value is -4.22. The highest BCUT2D eigenvalue weighted by Gasteiger charge is 2.16. The first kappa shape index (κ1) is 31.2. The van der Waals surface area contributed by atoms with Crippen LogP contribution in [0.3, 0.4) is 0 Å². The smallest absolute Gasteiger partial charge is 0.272 e. The highest BCUT2D eigenvalue weighted by atomic mass is 79.9. The summed E-state index contributed by atoms with van der Waals surface area (Å²) in [4.78, 5) is 44.0. The van der Waals surface area contributed by atoms with Crippen molar-refractivity contribution in [1.29, 1.82) is 0 Å². The van der Waals surface area contributed by atoms with E-state index >= 15 is 0 Å². The first-order valence-electron chi connectivity index (χ1n) is 13.2. The van der Waals surface area contributed by atoms with E-state index < -0.39 is 11.8 Å². The summed E-state index contributed by atoms with van der Waals surface area (Å²) in [5.41, 5.74) is 3.31. The van der Waals surface area contributed by atoms with Gasteiger partial charge >= 0.3 is 0 Å². The summed E-state index contributed by atoms with van der Waals surface area (Å²) < 4.78 is 0.843. The number of hydrogen-bond acceptors (Lipinski definition) is 6. The molecule has 5 rings (SSSR count). The molecule has 0 bridgehead atoms. The lowest BCUT2D eigenvalue weighted by Crippen LogP contribution is -2.30. The molecule has 7 nitrogen and oxygen atoms in total. The van der Waals surface area contributed by atoms with Crippen LogP contribution in [0, 0.1) is 0 Å². The molecule has 44 heavy (non-hydrogen) atoms. The lowest BCUT2D eigenvalue weighted by molar-refractivity contribution is -0.114. The van der Waals surface area contributed by atoms with Gasteiger partial charge in [-0.3, -0.25) is 14.4 Å². The van der Waals surface area contributed by atoms with Gasteiger partial charge in [0.2, 0.25) is 5.91 Å². The molecule has 0 aliphatic carbocycles. The van der Waals surface area contributed by atoms with E-state index in [0.29, 0.717) is 27.1 Å². The molecule has 0 aliphatic rings. The van der Waals surface area contributed by atoms with Gasteiger partial charge < -0.3 is 16.0 Å². The molecule has 11 heteroatoms. The number of thioether (sulfide) groups is 1. The van der Waals surface area contributed by atoms with E-state index in [-0.39, 0.29) is 17.4 Å². The number of anilines is 2. The molecule has 0 spiro atoms. The SMILES string of the molecule is O=C(CSc1ccc(NC(=O)/C(=C/c2cccc(Br)c2)NC(=O)c2ccccc2)cc1)Nc1nc(-c2ccccc2Cl)cs1. The topological polar surface area (TPSA) is 100 Å². The number of halogens is 2. The fourth-order valence-corrected chi connectivity index (χ4v) is 6.04. The van der Waals surface area contributed by atoms with E-state index in [2.05, 4.69) is 36.9 Å². The third-order valence-corrected chi connectivity index (χ3v) is 8.66. The standard InChI is InChI=1S/C33H24BrClN4O3S2/c34-23-10-6-7-21(17-23)18-28(37-31(41)22-8-2-1-3-9-22)32(42)36-24-13-15-25(16-14-24)43-20-30(40)39-33-38-29(19-44-33)26-11-4-5-12-27(26)35/h1-19H,20H2,(H,36,42)(H,37,41)(H,38,39,40)/b28-18-. The highest BCUT2D eigenvalue weighted by molar-refractivity contribution is 9.10. The number of nitrogens with zero attached hydrogens (tertiary/aromatic N) is 1. The van der Waals surface area contributed by atoms with Crippen LogP contribution in [0.5, 0.6) is 0 Å². The molecule has 0 unspecified atom stereocenters. The van der Waals surface area contributed by atoms with Gasteiger partial charge in [0.25, 0.3) is 11.8 Å². The minimum Gasteiger partial charge on any atom is -0.321 e. The molecule has 4 aromatic carbocycles. The second kappa shape index (κ2) is 15.0. The molecule has 1 aromatic heterocycles. The molecule has 3 N–H and O–H groups in total. The predicted molar refractivity (Wildman–Crippen MR) is 183 cm³/mol. The first-order chi connectivity index (χ1) is 21.3. The average Bonchev–Trinajstić information content (AvgIpc) is 3.49. The third-order valence-electron chi connectivity index (χ3n) is 6.07. The molecule has 0 fully saturated rings. The molecule has 0 aliphatic heterocycles. The van der Waals surface area contributed by atoms with Crippen molar-refractivity contribution < 1.29 is 14.4 Å². The van der Waals surface area contributed by atoms with Gasteiger partial charge in [0, 0.05) is 36.6 Å². The summed E-state index contributed by atoms with van der Waals surface area (Å²) in [7, 11) is 0. The van der Waals surface area contributed by atoms with Crippen LogP contribution in [0.15, 0.2) is 124 Å². The van der Waals surface area contributed by atoms with Crippen LogP contribution < -0.4 is 16.0 Å². The monoisotopic (exact) mass is 702 g/mol. The maximum Gasteiger partial charge on any atom is 0.272 e. The van der Waals surface area contributed by atoms with Gasteiger partial charge in [-0.05, 0) is 66.2 Å². The fourth-order valence-electron chi connectivity index (χ4n) is 3.97. The zero-order chi connectivity index (χ0) is 30.9. The Morgan fingerprint density at radius 2 is 1.64 bits per heavy atom. The van der Waals surface area contributed by atoms with Crippen LogP contribution in [0.25, 0.3) is 17.3 Å². The Kier molecular flexibility index (Phi) is 10.6. The van der Waals surface area contributed by atoms with Crippen molar-refractivity contribution in [2.45, 2.75) is 4.90 Å². The predicted octanol–water partition coefficient (Wildman–Crippen LogP) is 8.37. The zero-order valence-electron chi connectivity index (χ0n) is 22.9. The molecule has 0 atom stereocenters. The summed E-state index contributed by atoms with van der Waals surface area (Å²) >= 11 is 12.4. The molecule has 5 aromatic rings. The number of hydrogen-bond donors (Lipinski definition) is 3. The van der Waals surface area contributed by atoms with E-state index in [4.69, 9.17) is 11.6 Å². The molecule has 0 radical (unpaired) electrons. The molecule has 220 valence electrons. The minimum absolute atomic E-state index is 0.0898. The second-order valence-corrected chi connectivity index (χ2v) is 12.5. The lowest BCUT2D eigenvalue weighted by atomic mass is 10.1. The van der Waals surface area contributed by atoms with Crippen molar-refractivity contribution in [3.8, 4) is 11.3 Å². The van der Waals surface area contributed by atoms with Crippen LogP contribution in [-0.4, -0.2) is 28.5 Å². The second-order valence-electron chi connectivity index (χ2n) is 9.27. The highest BCUT2D eigenvalue weighted by Crippen LogP contribution is 2.30. The van der Waals surface area contributed by atoms with E-state index in [9.17, 15) is 14.4 Å². The van der Waals surface area contributed by atoms with Gasteiger partial charge in [-0.2, -0.15) is 0 Å². The number of thiazole rings is 1. The number of benzene rings is 4. The van der Waals surface area contributed by atoms with Crippen LogP contribution in [0.1, 0.15) is 15.9 Å². The number of carbonyl (C=O) groups is 3. The van der Waals surface area contributed by atoms with Gasteiger partial charge in [0.05, 0.1) is 11.4 Å². The number of rotatable bonds is 10. The maximum atomic E-state index is 13.3. The summed E-state index contributed by atoms with van der Waals surface area (Å²) in [6.45, 7) is 0. The summed E-state index contributed by atoms with van der Waals surface area (Å²) in [5, 5.41) is 11.3. The Balaban J connectivity index is 1.19. The van der Waals surface area contributed by atoms with Crippen molar-refractivity contribution in [3.05, 3.63) is 135 Å². The number of nitrogens with one attached hydrogen (secondary N) is 3. The van der Waals surface area contributed by atoms with Crippen molar-refractivity contribution in [1.82, 2.24) is 10.3 Å².